The average molecular weight is 423 g/mol. The van der Waals surface area contributed by atoms with Crippen LogP contribution in [0.2, 0.25) is 0 Å². The summed E-state index contributed by atoms with van der Waals surface area (Å²) in [6.45, 7) is 3.76. The van der Waals surface area contributed by atoms with E-state index in [0.29, 0.717) is 17.7 Å². The summed E-state index contributed by atoms with van der Waals surface area (Å²) < 4.78 is 6.53. The molecule has 0 aliphatic carbocycles. The summed E-state index contributed by atoms with van der Waals surface area (Å²) >= 11 is 2.23. The highest BCUT2D eigenvalue weighted by Gasteiger charge is 2.06. The molecule has 1 amide bonds. The number of halogens is 1. The number of rotatable bonds is 6. The molecular formula is C18H18INO3. The van der Waals surface area contributed by atoms with Crippen LogP contribution >= 0.6 is 22.6 Å². The Bertz CT molecular complexity index is 711. The molecule has 0 aliphatic rings. The van der Waals surface area contributed by atoms with Gasteiger partial charge in [0.2, 0.25) is 0 Å². The van der Waals surface area contributed by atoms with Gasteiger partial charge in [-0.1, -0.05) is 13.0 Å². The van der Waals surface area contributed by atoms with Gasteiger partial charge in [-0.25, -0.2) is 0 Å². The number of aryl methyl sites for hydroxylation is 1. The molecule has 1 N–H and O–H groups in total. The minimum absolute atomic E-state index is 0.0779. The topological polar surface area (TPSA) is 55.4 Å². The van der Waals surface area contributed by atoms with Gasteiger partial charge in [-0.2, -0.15) is 0 Å². The Balaban J connectivity index is 1.88. The van der Waals surface area contributed by atoms with Gasteiger partial charge in [-0.15, -0.1) is 0 Å². The third kappa shape index (κ3) is 5.06. The van der Waals surface area contributed by atoms with Crippen molar-refractivity contribution in [3.63, 3.8) is 0 Å². The quantitative estimate of drug-likeness (QED) is 0.560. The molecule has 2 aromatic carbocycles. The average Bonchev–Trinajstić information content (AvgIpc) is 2.56. The molecule has 2 aromatic rings. The van der Waals surface area contributed by atoms with Crippen LogP contribution in [0.15, 0.2) is 42.5 Å². The van der Waals surface area contributed by atoms with Crippen LogP contribution in [0.5, 0.6) is 5.75 Å². The number of hydrogen-bond acceptors (Lipinski definition) is 3. The number of benzene rings is 2. The molecule has 0 fully saturated rings. The molecule has 2 rings (SSSR count). The third-order valence-electron chi connectivity index (χ3n) is 3.32. The van der Waals surface area contributed by atoms with Crippen molar-refractivity contribution in [3.05, 3.63) is 57.2 Å². The van der Waals surface area contributed by atoms with Gasteiger partial charge in [0, 0.05) is 21.2 Å². The van der Waals surface area contributed by atoms with Gasteiger partial charge < -0.3 is 10.1 Å². The lowest BCUT2D eigenvalue weighted by molar-refractivity contribution is -0.118. The zero-order valence-electron chi connectivity index (χ0n) is 13.1. The van der Waals surface area contributed by atoms with E-state index in [0.717, 1.165) is 9.26 Å². The molecule has 0 bridgehead atoms. The van der Waals surface area contributed by atoms with E-state index in [4.69, 9.17) is 4.74 Å². The van der Waals surface area contributed by atoms with Crippen molar-refractivity contribution < 1.29 is 14.3 Å². The monoisotopic (exact) mass is 423 g/mol. The zero-order valence-corrected chi connectivity index (χ0v) is 15.2. The van der Waals surface area contributed by atoms with Crippen LogP contribution in [0, 0.1) is 10.5 Å². The van der Waals surface area contributed by atoms with Gasteiger partial charge in [-0.3, -0.25) is 9.59 Å². The summed E-state index contributed by atoms with van der Waals surface area (Å²) in [4.78, 5) is 23.5. The number of ketones is 1. The molecule has 0 aliphatic heterocycles. The standard InChI is InChI=1S/C18H18INO3/c1-3-17(21)13-5-8-15(9-6-13)23-11-18(22)20-14-7-4-12(2)16(19)10-14/h4-10H,3,11H2,1-2H3,(H,20,22). The highest BCUT2D eigenvalue weighted by atomic mass is 127. The summed E-state index contributed by atoms with van der Waals surface area (Å²) in [6, 6.07) is 12.6. The Labute approximate surface area is 149 Å². The summed E-state index contributed by atoms with van der Waals surface area (Å²) in [6.07, 6.45) is 0.470. The van der Waals surface area contributed by atoms with Crippen molar-refractivity contribution >= 4 is 40.0 Å². The van der Waals surface area contributed by atoms with Gasteiger partial charge in [0.15, 0.2) is 12.4 Å². The van der Waals surface area contributed by atoms with E-state index in [-0.39, 0.29) is 18.3 Å². The lowest BCUT2D eigenvalue weighted by Crippen LogP contribution is -2.20. The first-order valence-electron chi connectivity index (χ1n) is 7.31. The van der Waals surface area contributed by atoms with E-state index in [1.54, 1.807) is 24.3 Å². The van der Waals surface area contributed by atoms with E-state index < -0.39 is 0 Å². The summed E-state index contributed by atoms with van der Waals surface area (Å²) in [5.41, 5.74) is 2.57. The molecule has 0 spiro atoms. The zero-order chi connectivity index (χ0) is 16.8. The predicted molar refractivity (Wildman–Crippen MR) is 99.1 cm³/mol. The van der Waals surface area contributed by atoms with Crippen LogP contribution in [-0.2, 0) is 4.79 Å². The van der Waals surface area contributed by atoms with Gasteiger partial charge >= 0.3 is 0 Å². The molecule has 23 heavy (non-hydrogen) atoms. The maximum atomic E-state index is 11.9. The second kappa shape index (κ2) is 8.10. The maximum absolute atomic E-state index is 11.9. The third-order valence-corrected chi connectivity index (χ3v) is 4.49. The number of nitrogens with one attached hydrogen (secondary N) is 1. The van der Waals surface area contributed by atoms with Crippen LogP contribution in [-0.4, -0.2) is 18.3 Å². The maximum Gasteiger partial charge on any atom is 0.262 e. The number of ether oxygens (including phenoxy) is 1. The minimum Gasteiger partial charge on any atom is -0.484 e. The molecule has 0 aromatic heterocycles. The van der Waals surface area contributed by atoms with E-state index in [1.165, 1.54) is 5.56 Å². The Morgan fingerprint density at radius 2 is 1.83 bits per heavy atom. The van der Waals surface area contributed by atoms with Crippen LogP contribution in [0.3, 0.4) is 0 Å². The van der Waals surface area contributed by atoms with Gasteiger partial charge in [0.05, 0.1) is 0 Å². The van der Waals surface area contributed by atoms with Crippen molar-refractivity contribution in [3.8, 4) is 5.75 Å². The van der Waals surface area contributed by atoms with Crippen molar-refractivity contribution in [2.75, 3.05) is 11.9 Å². The fraction of sp³-hybridized carbons (Fsp3) is 0.222. The summed E-state index contributed by atoms with van der Waals surface area (Å²) in [5, 5.41) is 2.80. The summed E-state index contributed by atoms with van der Waals surface area (Å²) in [5.74, 6) is 0.424. The molecule has 120 valence electrons. The SMILES string of the molecule is CCC(=O)c1ccc(OCC(=O)Nc2ccc(C)c(I)c2)cc1. The number of hydrogen-bond donors (Lipinski definition) is 1. The van der Waals surface area contributed by atoms with Crippen LogP contribution in [0.1, 0.15) is 29.3 Å². The second-order valence-corrected chi connectivity index (χ2v) is 6.26. The molecular weight excluding hydrogens is 405 g/mol. The van der Waals surface area contributed by atoms with Crippen molar-refractivity contribution in [2.45, 2.75) is 20.3 Å². The van der Waals surface area contributed by atoms with E-state index in [9.17, 15) is 9.59 Å². The normalized spacial score (nSPS) is 10.2. The fourth-order valence-electron chi connectivity index (χ4n) is 1.96. The first kappa shape index (κ1) is 17.5. The molecule has 0 heterocycles. The van der Waals surface area contributed by atoms with Crippen LogP contribution in [0.4, 0.5) is 5.69 Å². The first-order valence-corrected chi connectivity index (χ1v) is 8.39. The summed E-state index contributed by atoms with van der Waals surface area (Å²) in [7, 11) is 0. The lowest BCUT2D eigenvalue weighted by Gasteiger charge is -2.09. The van der Waals surface area contributed by atoms with E-state index in [2.05, 4.69) is 27.9 Å². The fourth-order valence-corrected chi connectivity index (χ4v) is 2.47. The Hall–Kier alpha value is -1.89. The van der Waals surface area contributed by atoms with Crippen molar-refractivity contribution in [2.24, 2.45) is 0 Å². The molecule has 0 saturated carbocycles. The van der Waals surface area contributed by atoms with Crippen LogP contribution in [0.25, 0.3) is 0 Å². The van der Waals surface area contributed by atoms with Gasteiger partial charge in [-0.05, 0) is 71.5 Å². The van der Waals surface area contributed by atoms with Crippen LogP contribution < -0.4 is 10.1 Å². The van der Waals surface area contributed by atoms with Crippen molar-refractivity contribution in [1.82, 2.24) is 0 Å². The number of carbonyl (C=O) groups is 2. The van der Waals surface area contributed by atoms with Crippen molar-refractivity contribution in [1.29, 1.82) is 0 Å². The molecule has 0 radical (unpaired) electrons. The smallest absolute Gasteiger partial charge is 0.262 e. The van der Waals surface area contributed by atoms with Gasteiger partial charge in [0.25, 0.3) is 5.91 Å². The first-order chi connectivity index (χ1) is 11.0. The number of Topliss-reactive ketones (excluding diaryl/α,β-unsaturated/α-hetero) is 1. The largest absolute Gasteiger partial charge is 0.484 e. The van der Waals surface area contributed by atoms with E-state index >= 15 is 0 Å². The Morgan fingerprint density at radius 3 is 2.43 bits per heavy atom. The molecule has 4 nitrogen and oxygen atoms in total. The number of amides is 1. The van der Waals surface area contributed by atoms with E-state index in [1.807, 2.05) is 32.0 Å². The molecule has 5 heteroatoms. The minimum atomic E-state index is -0.224. The molecule has 0 unspecified atom stereocenters. The lowest BCUT2D eigenvalue weighted by atomic mass is 10.1. The number of anilines is 1. The second-order valence-electron chi connectivity index (χ2n) is 5.10. The van der Waals surface area contributed by atoms with Gasteiger partial charge in [0.1, 0.15) is 5.75 Å². The Kier molecular flexibility index (Phi) is 6.15. The Morgan fingerprint density at radius 1 is 1.13 bits per heavy atom. The molecule has 0 atom stereocenters. The number of carbonyl (C=O) groups excluding carboxylic acids is 2. The molecule has 0 saturated heterocycles. The highest BCUT2D eigenvalue weighted by Crippen LogP contribution is 2.17. The highest BCUT2D eigenvalue weighted by molar-refractivity contribution is 14.1. The predicted octanol–water partition coefficient (Wildman–Crippen LogP) is 4.21.